The van der Waals surface area contributed by atoms with Crippen molar-refractivity contribution >= 4 is 45.2 Å². The molecule has 8 heteroatoms. The van der Waals surface area contributed by atoms with Crippen LogP contribution in [0.25, 0.3) is 15.8 Å². The number of nitrogens with zero attached hydrogens (tertiary/aromatic N) is 4. The van der Waals surface area contributed by atoms with E-state index < -0.39 is 0 Å². The predicted octanol–water partition coefficient (Wildman–Crippen LogP) is 3.65. The fourth-order valence-electron chi connectivity index (χ4n) is 4.33. The first-order valence-electron chi connectivity index (χ1n) is 9.88. The highest BCUT2D eigenvalue weighted by molar-refractivity contribution is 7.16. The highest BCUT2D eigenvalue weighted by Gasteiger charge is 2.27. The third-order valence-corrected chi connectivity index (χ3v) is 6.77. The minimum Gasteiger partial charge on any atom is -0.369 e. The molecule has 2 aromatic heterocycles. The van der Waals surface area contributed by atoms with E-state index >= 15 is 0 Å². The number of aromatic amines is 1. The summed E-state index contributed by atoms with van der Waals surface area (Å²) in [6.07, 6.45) is 4.39. The molecule has 1 aromatic carbocycles. The molecule has 3 aromatic rings. The van der Waals surface area contributed by atoms with Gasteiger partial charge in [-0.2, -0.15) is 5.26 Å². The smallest absolute Gasteiger partial charge is 0.268 e. The molecular formula is C22H22ClN5OS. The van der Waals surface area contributed by atoms with Gasteiger partial charge in [-0.25, -0.2) is 4.98 Å². The fourth-order valence-corrected chi connectivity index (χ4v) is 4.99. The molecular weight excluding hydrogens is 418 g/mol. The van der Waals surface area contributed by atoms with Crippen molar-refractivity contribution in [2.75, 3.05) is 31.1 Å². The Bertz CT molecular complexity index is 1170. The van der Waals surface area contributed by atoms with Crippen molar-refractivity contribution in [2.24, 2.45) is 0 Å². The topological polar surface area (TPSA) is 76.0 Å². The molecule has 1 N–H and O–H groups in total. The molecule has 1 saturated heterocycles. The second kappa shape index (κ2) is 8.60. The summed E-state index contributed by atoms with van der Waals surface area (Å²) in [7, 11) is 0. The van der Waals surface area contributed by atoms with Gasteiger partial charge in [0.15, 0.2) is 0 Å². The minimum absolute atomic E-state index is 0. The molecule has 0 radical (unpaired) electrons. The molecule has 0 bridgehead atoms. The normalized spacial score (nSPS) is 19.4. The van der Waals surface area contributed by atoms with E-state index in [1.807, 2.05) is 30.3 Å². The van der Waals surface area contributed by atoms with Crippen LogP contribution in [0.4, 0.5) is 5.69 Å². The molecule has 30 heavy (non-hydrogen) atoms. The lowest BCUT2D eigenvalue weighted by atomic mass is 10.1. The second-order valence-electron chi connectivity index (χ2n) is 7.56. The molecule has 6 nitrogen and oxygen atoms in total. The van der Waals surface area contributed by atoms with Gasteiger partial charge < -0.3 is 9.88 Å². The molecule has 5 rings (SSSR count). The van der Waals surface area contributed by atoms with E-state index in [2.05, 4.69) is 31.9 Å². The van der Waals surface area contributed by atoms with E-state index in [9.17, 15) is 4.79 Å². The number of hydrogen-bond acceptors (Lipinski definition) is 6. The number of pyridine rings is 1. The number of rotatable bonds is 3. The lowest BCUT2D eigenvalue weighted by Gasteiger charge is -2.38. The van der Waals surface area contributed by atoms with Crippen LogP contribution in [0.15, 0.2) is 46.7 Å². The predicted molar refractivity (Wildman–Crippen MR) is 123 cm³/mol. The van der Waals surface area contributed by atoms with Gasteiger partial charge in [-0.3, -0.25) is 9.69 Å². The second-order valence-corrected chi connectivity index (χ2v) is 8.41. The zero-order valence-electron chi connectivity index (χ0n) is 16.4. The lowest BCUT2D eigenvalue weighted by Crippen LogP contribution is -2.49. The van der Waals surface area contributed by atoms with Gasteiger partial charge >= 0.3 is 0 Å². The highest BCUT2D eigenvalue weighted by atomic mass is 35.5. The van der Waals surface area contributed by atoms with Crippen molar-refractivity contribution < 1.29 is 0 Å². The van der Waals surface area contributed by atoms with E-state index in [-0.39, 0.29) is 18.0 Å². The van der Waals surface area contributed by atoms with Crippen LogP contribution in [-0.2, 0) is 0 Å². The number of thiazole rings is 1. The van der Waals surface area contributed by atoms with Crippen LogP contribution in [0.3, 0.4) is 0 Å². The van der Waals surface area contributed by atoms with Crippen LogP contribution >= 0.6 is 23.7 Å². The van der Waals surface area contributed by atoms with Crippen molar-refractivity contribution in [1.29, 1.82) is 5.26 Å². The number of halogens is 1. The maximum Gasteiger partial charge on any atom is 0.268 e. The number of aromatic nitrogens is 2. The number of anilines is 1. The van der Waals surface area contributed by atoms with Crippen LogP contribution in [0.2, 0.25) is 0 Å². The summed E-state index contributed by atoms with van der Waals surface area (Å²) in [5.74, 6) is 0. The zero-order chi connectivity index (χ0) is 19.8. The third-order valence-electron chi connectivity index (χ3n) is 5.92. The number of hydrogen-bond donors (Lipinski definition) is 1. The van der Waals surface area contributed by atoms with Crippen LogP contribution in [-0.4, -0.2) is 47.1 Å². The highest BCUT2D eigenvalue weighted by Crippen LogP contribution is 2.31. The largest absolute Gasteiger partial charge is 0.369 e. The van der Waals surface area contributed by atoms with Crippen molar-refractivity contribution in [3.63, 3.8) is 0 Å². The first-order chi connectivity index (χ1) is 14.2. The van der Waals surface area contributed by atoms with E-state index in [4.69, 9.17) is 5.26 Å². The van der Waals surface area contributed by atoms with Gasteiger partial charge in [0, 0.05) is 43.6 Å². The van der Waals surface area contributed by atoms with E-state index in [1.54, 1.807) is 5.51 Å². The van der Waals surface area contributed by atoms with Crippen LogP contribution < -0.4 is 10.5 Å². The molecule has 1 aliphatic carbocycles. The lowest BCUT2D eigenvalue weighted by molar-refractivity contribution is 0.214. The number of benzene rings is 1. The van der Waals surface area contributed by atoms with Gasteiger partial charge in [0.05, 0.1) is 22.7 Å². The first-order valence-corrected chi connectivity index (χ1v) is 10.8. The average molecular weight is 440 g/mol. The molecule has 1 aliphatic heterocycles. The minimum atomic E-state index is -0.0413. The quantitative estimate of drug-likeness (QED) is 0.674. The molecule has 154 valence electrons. The Labute approximate surface area is 184 Å². The van der Waals surface area contributed by atoms with Crippen LogP contribution in [0, 0.1) is 11.3 Å². The van der Waals surface area contributed by atoms with Gasteiger partial charge in [0.1, 0.15) is 4.70 Å². The Kier molecular flexibility index (Phi) is 5.91. The molecule has 1 fully saturated rings. The van der Waals surface area contributed by atoms with Crippen molar-refractivity contribution in [3.05, 3.63) is 63.5 Å². The number of piperazine rings is 1. The summed E-state index contributed by atoms with van der Waals surface area (Å²) in [6.45, 7) is 3.98. The SMILES string of the molecule is Cl.N#Cc1ccc(N2CCN([C@H]3C=C(c4cc5ncsc5c(=O)[nH]4)CC3)CC2)cc1. The Morgan fingerprint density at radius 1 is 1.17 bits per heavy atom. The number of nitriles is 1. The van der Waals surface area contributed by atoms with E-state index in [0.717, 1.165) is 50.2 Å². The Hall–Kier alpha value is -2.66. The molecule has 0 amide bonds. The maximum atomic E-state index is 12.3. The summed E-state index contributed by atoms with van der Waals surface area (Å²) in [5, 5.41) is 8.96. The monoisotopic (exact) mass is 439 g/mol. The van der Waals surface area contributed by atoms with Crippen molar-refractivity contribution in [1.82, 2.24) is 14.9 Å². The number of fused-ring (bicyclic) bond motifs is 1. The average Bonchev–Trinajstić information content (AvgIpc) is 3.44. The molecule has 3 heterocycles. The molecule has 0 spiro atoms. The van der Waals surface area contributed by atoms with Crippen LogP contribution in [0.1, 0.15) is 24.1 Å². The first kappa shape index (κ1) is 20.6. The summed E-state index contributed by atoms with van der Waals surface area (Å²) in [5.41, 5.74) is 6.48. The summed E-state index contributed by atoms with van der Waals surface area (Å²) < 4.78 is 0.697. The Morgan fingerprint density at radius 3 is 2.67 bits per heavy atom. The zero-order valence-corrected chi connectivity index (χ0v) is 18.0. The van der Waals surface area contributed by atoms with E-state index in [0.29, 0.717) is 16.3 Å². The Morgan fingerprint density at radius 2 is 1.93 bits per heavy atom. The fraction of sp³-hybridized carbons (Fsp3) is 0.318. The third kappa shape index (κ3) is 3.86. The standard InChI is InChI=1S/C22H21N5OS.ClH/c23-13-15-1-4-17(5-2-15)26-7-9-27(10-8-26)18-6-3-16(11-18)19-12-20-21(22(28)25-19)29-14-24-20;/h1-2,4-5,11-12,14,18H,3,6-10H2,(H,25,28);1H/t18-;/m1./s1. The van der Waals surface area contributed by atoms with Crippen LogP contribution in [0.5, 0.6) is 0 Å². The molecule has 0 unspecified atom stereocenters. The van der Waals surface area contributed by atoms with Gasteiger partial charge in [-0.15, -0.1) is 23.7 Å². The maximum absolute atomic E-state index is 12.3. The Balaban J connectivity index is 0.00000218. The number of allylic oxidation sites excluding steroid dienone is 1. The summed E-state index contributed by atoms with van der Waals surface area (Å²) in [6, 6.07) is 12.4. The summed E-state index contributed by atoms with van der Waals surface area (Å²) >= 11 is 1.39. The van der Waals surface area contributed by atoms with Crippen molar-refractivity contribution in [2.45, 2.75) is 18.9 Å². The van der Waals surface area contributed by atoms with Gasteiger partial charge in [-0.05, 0) is 48.7 Å². The van der Waals surface area contributed by atoms with Crippen molar-refractivity contribution in [3.8, 4) is 6.07 Å². The molecule has 0 saturated carbocycles. The van der Waals surface area contributed by atoms with Gasteiger partial charge in [0.2, 0.25) is 0 Å². The number of nitrogens with one attached hydrogen (secondary N) is 1. The summed E-state index contributed by atoms with van der Waals surface area (Å²) in [4.78, 5) is 24.5. The number of H-pyrrole nitrogens is 1. The van der Waals surface area contributed by atoms with Gasteiger partial charge in [-0.1, -0.05) is 6.08 Å². The van der Waals surface area contributed by atoms with E-state index in [1.165, 1.54) is 22.6 Å². The molecule has 2 aliphatic rings. The van der Waals surface area contributed by atoms with Gasteiger partial charge in [0.25, 0.3) is 5.56 Å². The molecule has 1 atom stereocenters.